The predicted molar refractivity (Wildman–Crippen MR) is 51.1 cm³/mol. The van der Waals surface area contributed by atoms with Crippen LogP contribution < -0.4 is 0 Å². The second-order valence-corrected chi connectivity index (χ2v) is 3.70. The Balaban J connectivity index is 2.62. The standard InChI is InChI=1S/C9H4ClF5N2/c10-4-2-1-3-5-6(4)17-7(16-5)8(11,12)9(13,14)15/h1-3H,(H,16,17). The Hall–Kier alpha value is -1.37. The number of imidazole rings is 1. The van der Waals surface area contributed by atoms with Crippen molar-refractivity contribution in [3.8, 4) is 0 Å². The van der Waals surface area contributed by atoms with Crippen LogP contribution >= 0.6 is 11.6 Å². The van der Waals surface area contributed by atoms with Gasteiger partial charge in [-0.25, -0.2) is 4.98 Å². The van der Waals surface area contributed by atoms with Crippen molar-refractivity contribution in [1.82, 2.24) is 9.97 Å². The van der Waals surface area contributed by atoms with E-state index in [9.17, 15) is 22.0 Å². The summed E-state index contributed by atoms with van der Waals surface area (Å²) in [7, 11) is 0. The molecule has 0 aliphatic heterocycles. The van der Waals surface area contributed by atoms with E-state index in [1.807, 2.05) is 4.98 Å². The number of aromatic nitrogens is 2. The van der Waals surface area contributed by atoms with E-state index in [0.29, 0.717) is 0 Å². The number of halogens is 6. The first-order valence-corrected chi connectivity index (χ1v) is 4.70. The van der Waals surface area contributed by atoms with Gasteiger partial charge < -0.3 is 4.98 Å². The highest BCUT2D eigenvalue weighted by atomic mass is 35.5. The van der Waals surface area contributed by atoms with Gasteiger partial charge in [-0.15, -0.1) is 0 Å². The highest BCUT2D eigenvalue weighted by Gasteiger charge is 2.61. The quantitative estimate of drug-likeness (QED) is 0.783. The van der Waals surface area contributed by atoms with Crippen molar-refractivity contribution < 1.29 is 22.0 Å². The molecular weight excluding hydrogens is 267 g/mol. The summed E-state index contributed by atoms with van der Waals surface area (Å²) in [5, 5.41) is 0.00275. The summed E-state index contributed by atoms with van der Waals surface area (Å²) in [6, 6.07) is 4.07. The Bertz CT molecular complexity index is 560. The number of rotatable bonds is 1. The number of fused-ring (bicyclic) bond motifs is 1. The van der Waals surface area contributed by atoms with E-state index >= 15 is 0 Å². The van der Waals surface area contributed by atoms with Gasteiger partial charge in [0, 0.05) is 0 Å². The SMILES string of the molecule is FC(F)(F)C(F)(F)c1nc2c(Cl)cccc2[nH]1. The monoisotopic (exact) mass is 270 g/mol. The van der Waals surface area contributed by atoms with Crippen LogP contribution in [0.2, 0.25) is 5.02 Å². The molecule has 0 saturated heterocycles. The predicted octanol–water partition coefficient (Wildman–Crippen LogP) is 3.87. The largest absolute Gasteiger partial charge is 0.461 e. The second kappa shape index (κ2) is 3.56. The van der Waals surface area contributed by atoms with Crippen molar-refractivity contribution >= 4 is 22.6 Å². The molecule has 1 N–H and O–H groups in total. The van der Waals surface area contributed by atoms with Crippen molar-refractivity contribution in [3.05, 3.63) is 29.0 Å². The lowest BCUT2D eigenvalue weighted by Crippen LogP contribution is -2.34. The Labute approximate surface area is 96.4 Å². The fraction of sp³-hybridized carbons (Fsp3) is 0.222. The summed E-state index contributed by atoms with van der Waals surface area (Å²) in [5.74, 6) is -6.50. The van der Waals surface area contributed by atoms with E-state index < -0.39 is 17.9 Å². The molecule has 2 rings (SSSR count). The number of benzene rings is 1. The van der Waals surface area contributed by atoms with Crippen LogP contribution in [-0.4, -0.2) is 16.1 Å². The van der Waals surface area contributed by atoms with Gasteiger partial charge in [0.15, 0.2) is 5.82 Å². The molecule has 0 fully saturated rings. The third-order valence-corrected chi connectivity index (χ3v) is 2.42. The van der Waals surface area contributed by atoms with Crippen LogP contribution in [0.5, 0.6) is 0 Å². The van der Waals surface area contributed by atoms with E-state index in [4.69, 9.17) is 11.6 Å². The molecule has 0 radical (unpaired) electrons. The fourth-order valence-electron chi connectivity index (χ4n) is 1.28. The third kappa shape index (κ3) is 1.84. The molecule has 92 valence electrons. The van der Waals surface area contributed by atoms with Crippen molar-refractivity contribution in [1.29, 1.82) is 0 Å². The van der Waals surface area contributed by atoms with Crippen molar-refractivity contribution in [2.24, 2.45) is 0 Å². The molecule has 17 heavy (non-hydrogen) atoms. The van der Waals surface area contributed by atoms with Gasteiger partial charge in [0.2, 0.25) is 0 Å². The Morgan fingerprint density at radius 2 is 1.76 bits per heavy atom. The molecule has 1 aromatic carbocycles. The lowest BCUT2D eigenvalue weighted by molar-refractivity contribution is -0.292. The molecule has 2 nitrogen and oxygen atoms in total. The van der Waals surface area contributed by atoms with Gasteiger partial charge in [0.1, 0.15) is 5.52 Å². The van der Waals surface area contributed by atoms with Gasteiger partial charge >= 0.3 is 12.1 Å². The maximum atomic E-state index is 13.0. The summed E-state index contributed by atoms with van der Waals surface area (Å²) in [5.41, 5.74) is -0.0930. The van der Waals surface area contributed by atoms with Crippen LogP contribution in [0.1, 0.15) is 5.82 Å². The zero-order chi connectivity index (χ0) is 12.8. The van der Waals surface area contributed by atoms with Gasteiger partial charge in [-0.2, -0.15) is 22.0 Å². The summed E-state index contributed by atoms with van der Waals surface area (Å²) >= 11 is 5.63. The molecule has 0 saturated carbocycles. The molecule has 0 atom stereocenters. The van der Waals surface area contributed by atoms with E-state index in [1.165, 1.54) is 18.2 Å². The Morgan fingerprint density at radius 1 is 1.12 bits per heavy atom. The Morgan fingerprint density at radius 3 is 2.29 bits per heavy atom. The van der Waals surface area contributed by atoms with Crippen molar-refractivity contribution in [3.63, 3.8) is 0 Å². The molecule has 0 spiro atoms. The number of hydrogen-bond acceptors (Lipinski definition) is 1. The highest BCUT2D eigenvalue weighted by molar-refractivity contribution is 6.34. The van der Waals surface area contributed by atoms with Gasteiger partial charge in [0.25, 0.3) is 0 Å². The topological polar surface area (TPSA) is 28.7 Å². The lowest BCUT2D eigenvalue weighted by Gasteiger charge is -2.16. The van der Waals surface area contributed by atoms with Crippen molar-refractivity contribution in [2.75, 3.05) is 0 Å². The van der Waals surface area contributed by atoms with Crippen LogP contribution in [0.15, 0.2) is 18.2 Å². The second-order valence-electron chi connectivity index (χ2n) is 3.29. The first kappa shape index (κ1) is 12.1. The van der Waals surface area contributed by atoms with Crippen LogP contribution in [0.3, 0.4) is 0 Å². The zero-order valence-corrected chi connectivity index (χ0v) is 8.70. The first-order valence-electron chi connectivity index (χ1n) is 4.33. The van der Waals surface area contributed by atoms with E-state index in [2.05, 4.69) is 4.98 Å². The summed E-state index contributed by atoms with van der Waals surface area (Å²) in [4.78, 5) is 5.11. The smallest absolute Gasteiger partial charge is 0.337 e. The van der Waals surface area contributed by atoms with E-state index in [0.717, 1.165) is 0 Å². The maximum absolute atomic E-state index is 13.0. The van der Waals surface area contributed by atoms with Crippen LogP contribution in [0.4, 0.5) is 22.0 Å². The van der Waals surface area contributed by atoms with E-state index in [1.54, 1.807) is 0 Å². The zero-order valence-electron chi connectivity index (χ0n) is 7.95. The first-order chi connectivity index (χ1) is 7.73. The van der Waals surface area contributed by atoms with Crippen LogP contribution in [-0.2, 0) is 5.92 Å². The number of nitrogens with zero attached hydrogens (tertiary/aromatic N) is 1. The highest BCUT2D eigenvalue weighted by Crippen LogP contribution is 2.43. The molecule has 0 aliphatic carbocycles. The average molecular weight is 271 g/mol. The molecule has 1 aromatic heterocycles. The minimum Gasteiger partial charge on any atom is -0.337 e. The van der Waals surface area contributed by atoms with Gasteiger partial charge in [-0.1, -0.05) is 17.7 Å². The molecule has 0 amide bonds. The normalized spacial score (nSPS) is 13.3. The summed E-state index contributed by atoms with van der Waals surface area (Å²) in [6.07, 6.45) is -5.70. The van der Waals surface area contributed by atoms with E-state index in [-0.39, 0.29) is 16.1 Å². The van der Waals surface area contributed by atoms with Gasteiger partial charge in [0.05, 0.1) is 10.5 Å². The summed E-state index contributed by atoms with van der Waals surface area (Å²) in [6.45, 7) is 0. The number of para-hydroxylation sites is 1. The molecule has 0 bridgehead atoms. The third-order valence-electron chi connectivity index (χ3n) is 2.12. The van der Waals surface area contributed by atoms with Crippen LogP contribution in [0.25, 0.3) is 11.0 Å². The van der Waals surface area contributed by atoms with Gasteiger partial charge in [-0.3, -0.25) is 0 Å². The minimum absolute atomic E-state index is 0.00275. The number of H-pyrrole nitrogens is 1. The summed E-state index contributed by atoms with van der Waals surface area (Å²) < 4.78 is 62.3. The minimum atomic E-state index is -5.70. The molecule has 0 unspecified atom stereocenters. The maximum Gasteiger partial charge on any atom is 0.461 e. The molecular formula is C9H4ClF5N2. The molecule has 1 heterocycles. The van der Waals surface area contributed by atoms with Crippen LogP contribution in [0, 0.1) is 0 Å². The number of alkyl halides is 5. The van der Waals surface area contributed by atoms with Gasteiger partial charge in [-0.05, 0) is 12.1 Å². The average Bonchev–Trinajstić information content (AvgIpc) is 2.61. The fourth-order valence-corrected chi connectivity index (χ4v) is 1.50. The molecule has 8 heteroatoms. The Kier molecular flexibility index (Phi) is 2.53. The number of nitrogens with one attached hydrogen (secondary N) is 1. The van der Waals surface area contributed by atoms with Crippen molar-refractivity contribution in [2.45, 2.75) is 12.1 Å². The number of aromatic amines is 1. The number of hydrogen-bond donors (Lipinski definition) is 1. The lowest BCUT2D eigenvalue weighted by atomic mass is 10.3. The molecule has 2 aromatic rings. The molecule has 0 aliphatic rings.